The molecule has 0 unspecified atom stereocenters. The van der Waals surface area contributed by atoms with Gasteiger partial charge in [0.2, 0.25) is 0 Å². The highest BCUT2D eigenvalue weighted by atomic mass is 19.1. The third-order valence-electron chi connectivity index (χ3n) is 2.17. The Morgan fingerprint density at radius 2 is 1.93 bits per heavy atom. The van der Waals surface area contributed by atoms with Gasteiger partial charge in [-0.25, -0.2) is 4.39 Å². The number of carbonyl (C=O) groups is 1. The Bertz CT molecular complexity index is 375. The Balaban J connectivity index is 2.88. The fourth-order valence-electron chi connectivity index (χ4n) is 1.40. The van der Waals surface area contributed by atoms with Gasteiger partial charge in [0.25, 0.3) is 0 Å². The van der Waals surface area contributed by atoms with Crippen LogP contribution in [0.1, 0.15) is 43.1 Å². The summed E-state index contributed by atoms with van der Waals surface area (Å²) in [7, 11) is 0. The van der Waals surface area contributed by atoms with Crippen LogP contribution >= 0.6 is 0 Å². The van der Waals surface area contributed by atoms with E-state index >= 15 is 0 Å². The summed E-state index contributed by atoms with van der Waals surface area (Å²) in [6.45, 7) is 7.72. The largest absolute Gasteiger partial charge is 0.294 e. The summed E-state index contributed by atoms with van der Waals surface area (Å²) in [5.74, 6) is -0.187. The molecule has 0 fully saturated rings. The molecule has 82 valence electrons. The lowest BCUT2D eigenvalue weighted by molar-refractivity contribution is 0.0940. The first kappa shape index (κ1) is 11.9. The van der Waals surface area contributed by atoms with Crippen molar-refractivity contribution in [3.8, 4) is 0 Å². The van der Waals surface area contributed by atoms with Crippen molar-refractivity contribution in [1.82, 2.24) is 0 Å². The molecular formula is C13H17FO. The van der Waals surface area contributed by atoms with Gasteiger partial charge in [0, 0.05) is 12.0 Å². The monoisotopic (exact) mass is 208 g/mol. The number of hydrogen-bond acceptors (Lipinski definition) is 1. The number of halogens is 1. The molecule has 0 bridgehead atoms. The molecule has 1 aromatic carbocycles. The molecule has 0 aromatic heterocycles. The van der Waals surface area contributed by atoms with Crippen molar-refractivity contribution in [2.24, 2.45) is 5.41 Å². The molecule has 0 radical (unpaired) electrons. The third-order valence-corrected chi connectivity index (χ3v) is 2.17. The smallest absolute Gasteiger partial charge is 0.163 e. The molecule has 0 aliphatic carbocycles. The fourth-order valence-corrected chi connectivity index (χ4v) is 1.40. The number of hydrogen-bond donors (Lipinski definition) is 0. The lowest BCUT2D eigenvalue weighted by atomic mass is 9.87. The summed E-state index contributed by atoms with van der Waals surface area (Å²) >= 11 is 0. The van der Waals surface area contributed by atoms with Crippen molar-refractivity contribution >= 4 is 5.78 Å². The van der Waals surface area contributed by atoms with Crippen molar-refractivity contribution in [2.75, 3.05) is 0 Å². The van der Waals surface area contributed by atoms with Crippen LogP contribution in [0.2, 0.25) is 0 Å². The van der Waals surface area contributed by atoms with Crippen molar-refractivity contribution in [2.45, 2.75) is 34.1 Å². The number of ketones is 1. The first-order chi connectivity index (χ1) is 6.79. The van der Waals surface area contributed by atoms with E-state index in [9.17, 15) is 9.18 Å². The van der Waals surface area contributed by atoms with Gasteiger partial charge in [-0.3, -0.25) is 4.79 Å². The van der Waals surface area contributed by atoms with Crippen LogP contribution in [0, 0.1) is 18.2 Å². The van der Waals surface area contributed by atoms with Crippen LogP contribution in [0.3, 0.4) is 0 Å². The topological polar surface area (TPSA) is 17.1 Å². The molecule has 0 saturated heterocycles. The molecular weight excluding hydrogens is 191 g/mol. The number of aryl methyl sites for hydroxylation is 1. The lowest BCUT2D eigenvalue weighted by Crippen LogP contribution is -2.13. The van der Waals surface area contributed by atoms with E-state index < -0.39 is 0 Å². The van der Waals surface area contributed by atoms with E-state index in [-0.39, 0.29) is 17.0 Å². The first-order valence-corrected chi connectivity index (χ1v) is 5.09. The van der Waals surface area contributed by atoms with Gasteiger partial charge in [-0.1, -0.05) is 20.8 Å². The highest BCUT2D eigenvalue weighted by molar-refractivity contribution is 5.96. The highest BCUT2D eigenvalue weighted by Gasteiger charge is 2.17. The van der Waals surface area contributed by atoms with E-state index in [1.54, 1.807) is 19.1 Å². The minimum Gasteiger partial charge on any atom is -0.294 e. The van der Waals surface area contributed by atoms with E-state index in [1.807, 2.05) is 20.8 Å². The molecule has 0 amide bonds. The molecule has 1 nitrogen and oxygen atoms in total. The maximum atomic E-state index is 13.0. The summed E-state index contributed by atoms with van der Waals surface area (Å²) in [6, 6.07) is 4.52. The minimum absolute atomic E-state index is 0.0284. The van der Waals surface area contributed by atoms with E-state index in [2.05, 4.69) is 0 Å². The van der Waals surface area contributed by atoms with Crippen LogP contribution < -0.4 is 0 Å². The zero-order valence-corrected chi connectivity index (χ0v) is 9.73. The van der Waals surface area contributed by atoms with Crippen LogP contribution in [0.5, 0.6) is 0 Å². The minimum atomic E-state index is -0.262. The Morgan fingerprint density at radius 1 is 1.33 bits per heavy atom. The van der Waals surface area contributed by atoms with Gasteiger partial charge in [0.1, 0.15) is 5.82 Å². The first-order valence-electron chi connectivity index (χ1n) is 5.09. The van der Waals surface area contributed by atoms with Gasteiger partial charge in [0.15, 0.2) is 5.78 Å². The van der Waals surface area contributed by atoms with Crippen LogP contribution in [-0.4, -0.2) is 5.78 Å². The number of carbonyl (C=O) groups excluding carboxylic acids is 1. The lowest BCUT2D eigenvalue weighted by Gasteiger charge is -2.16. The second kappa shape index (κ2) is 4.13. The van der Waals surface area contributed by atoms with E-state index in [0.29, 0.717) is 17.5 Å². The molecule has 1 rings (SSSR count). The summed E-state index contributed by atoms with van der Waals surface area (Å²) in [6.07, 6.45) is 0.484. The van der Waals surface area contributed by atoms with Gasteiger partial charge in [-0.2, -0.15) is 0 Å². The maximum absolute atomic E-state index is 13.0. The molecule has 0 spiro atoms. The molecule has 1 aromatic rings. The van der Waals surface area contributed by atoms with Crippen LogP contribution in [0.4, 0.5) is 4.39 Å². The van der Waals surface area contributed by atoms with Crippen molar-refractivity contribution in [1.29, 1.82) is 0 Å². The Morgan fingerprint density at radius 3 is 2.40 bits per heavy atom. The predicted octanol–water partition coefficient (Wildman–Crippen LogP) is 3.75. The van der Waals surface area contributed by atoms with Crippen LogP contribution in [0.15, 0.2) is 18.2 Å². The number of benzene rings is 1. The van der Waals surface area contributed by atoms with E-state index in [0.717, 1.165) is 0 Å². The predicted molar refractivity (Wildman–Crippen MR) is 59.5 cm³/mol. The maximum Gasteiger partial charge on any atom is 0.163 e. The Hall–Kier alpha value is -1.18. The van der Waals surface area contributed by atoms with Crippen molar-refractivity contribution in [3.05, 3.63) is 35.1 Å². The fraction of sp³-hybridized carbons (Fsp3) is 0.462. The molecule has 0 N–H and O–H groups in total. The second-order valence-corrected chi connectivity index (χ2v) is 5.12. The Kier molecular flexibility index (Phi) is 3.28. The molecule has 2 heteroatoms. The third kappa shape index (κ3) is 3.46. The number of Topliss-reactive ketones (excluding diaryl/α,β-unsaturated/α-hetero) is 1. The average molecular weight is 208 g/mol. The molecule has 0 atom stereocenters. The normalized spacial score (nSPS) is 11.5. The van der Waals surface area contributed by atoms with Crippen LogP contribution in [-0.2, 0) is 0 Å². The van der Waals surface area contributed by atoms with Gasteiger partial charge in [-0.15, -0.1) is 0 Å². The summed E-state index contributed by atoms with van der Waals surface area (Å²) < 4.78 is 13.0. The summed E-state index contributed by atoms with van der Waals surface area (Å²) in [4.78, 5) is 11.8. The van der Waals surface area contributed by atoms with Gasteiger partial charge in [0.05, 0.1) is 0 Å². The molecule has 0 heterocycles. The van der Waals surface area contributed by atoms with Gasteiger partial charge < -0.3 is 0 Å². The standard InChI is InChI=1S/C13H17FO/c1-9-7-10(5-6-11(9)14)12(15)8-13(2,3)4/h5-7H,8H2,1-4H3. The molecule has 15 heavy (non-hydrogen) atoms. The second-order valence-electron chi connectivity index (χ2n) is 5.12. The zero-order chi connectivity index (χ0) is 11.6. The van der Waals surface area contributed by atoms with Gasteiger partial charge in [-0.05, 0) is 36.1 Å². The van der Waals surface area contributed by atoms with E-state index in [4.69, 9.17) is 0 Å². The molecule has 0 aliphatic heterocycles. The van der Waals surface area contributed by atoms with Gasteiger partial charge >= 0.3 is 0 Å². The Labute approximate surface area is 90.3 Å². The van der Waals surface area contributed by atoms with Crippen LogP contribution in [0.25, 0.3) is 0 Å². The highest BCUT2D eigenvalue weighted by Crippen LogP contribution is 2.22. The summed E-state index contributed by atoms with van der Waals surface area (Å²) in [5, 5.41) is 0. The van der Waals surface area contributed by atoms with E-state index in [1.165, 1.54) is 6.07 Å². The quantitative estimate of drug-likeness (QED) is 0.676. The average Bonchev–Trinajstić information content (AvgIpc) is 2.06. The SMILES string of the molecule is Cc1cc(C(=O)CC(C)(C)C)ccc1F. The number of rotatable bonds is 2. The summed E-state index contributed by atoms with van der Waals surface area (Å²) in [5.41, 5.74) is 1.10. The van der Waals surface area contributed by atoms with Crippen molar-refractivity contribution in [3.63, 3.8) is 0 Å². The zero-order valence-electron chi connectivity index (χ0n) is 9.73. The van der Waals surface area contributed by atoms with Crippen molar-refractivity contribution < 1.29 is 9.18 Å². The molecule has 0 aliphatic rings. The molecule has 0 saturated carbocycles.